The van der Waals surface area contributed by atoms with Crippen molar-refractivity contribution >= 4 is 83.3 Å². The Balaban J connectivity index is 0.755. The molecule has 4 aliphatic carbocycles. The number of fused-ring (bicyclic) bond motifs is 2. The van der Waals surface area contributed by atoms with Crippen LogP contribution in [0.5, 0.6) is 5.75 Å². The Morgan fingerprint density at radius 1 is 0.878 bits per heavy atom. The Morgan fingerprint density at radius 3 is 2.39 bits per heavy atom. The summed E-state index contributed by atoms with van der Waals surface area (Å²) >= 11 is 1.38. The topological polar surface area (TPSA) is 358 Å². The number of rotatable bonds is 24. The van der Waals surface area contributed by atoms with Gasteiger partial charge >= 0.3 is 18.0 Å². The summed E-state index contributed by atoms with van der Waals surface area (Å²) in [6.07, 6.45) is 0.506. The highest BCUT2D eigenvalue weighted by Gasteiger charge is 2.66. The fourth-order valence-electron chi connectivity index (χ4n) is 14.8. The molecule has 4 saturated carbocycles. The number of pyridine rings is 1. The van der Waals surface area contributed by atoms with E-state index in [2.05, 4.69) is 29.5 Å². The molecule has 24 nitrogen and oxygen atoms in total. The third-order valence-electron chi connectivity index (χ3n) is 17.6. The van der Waals surface area contributed by atoms with Crippen molar-refractivity contribution in [2.24, 2.45) is 22.0 Å². The van der Waals surface area contributed by atoms with E-state index in [0.717, 1.165) is 53.4 Å². The van der Waals surface area contributed by atoms with E-state index < -0.39 is 70.2 Å². The number of nitrogens with one attached hydrogen (secondary N) is 2. The number of benzene rings is 4. The number of carbonyl (C=O) groups is 4. The van der Waals surface area contributed by atoms with Crippen LogP contribution >= 0.6 is 11.3 Å². The molecule has 4 bridgehead atoms. The number of thiazole rings is 1. The number of amides is 2. The van der Waals surface area contributed by atoms with Crippen LogP contribution in [0.1, 0.15) is 90.9 Å². The quantitative estimate of drug-likeness (QED) is 0.0205. The summed E-state index contributed by atoms with van der Waals surface area (Å²) in [6, 6.07) is 27.0. The number of nitrogens with two attached hydrogens (primary N) is 1. The molecule has 4 aromatic carbocycles. The summed E-state index contributed by atoms with van der Waals surface area (Å²) in [7, 11) is -4.48. The molecule has 3 aromatic heterocycles. The molecule has 7 atom stereocenters. The number of aromatic carboxylic acids is 1. The highest BCUT2D eigenvalue weighted by Crippen LogP contribution is 2.72. The van der Waals surface area contributed by atoms with Crippen LogP contribution in [0.15, 0.2) is 103 Å². The summed E-state index contributed by atoms with van der Waals surface area (Å²) in [6.45, 7) is 7.17. The standard InChI is InChI=1S/C64H72N8O16S2/c1-37-44(41-17-18-45(68-50(41)56(77)78)40-16-15-39-10-6-11-42(43(39)28-40)55(76)70-59-69-46-12-4-5-13-49(46)89-59)29-67-72(37)36-63-31-61(2)30-62(3,32-63)34-64(33-61,35-63)86-25-22-71(23-26-90(82,83)84)60(81)85-24-7-9-38-14-19-48(47(27-38)66-21-8-20-65)87-58-53(75)51(73)52(74)54(88-58)57(79)80/h4-7,9-19,27-29,51-54,58,66,73-75H,8,20-26,30-36,65H2,1-3H3,(H,77,78)(H,79,80)(H,69,70,76)(H,82,83,84)/b9-7+/t51-,52-,53+,54-,58+,61?,62?,63?,64?/m0/s1. The molecule has 12 rings (SSSR count). The molecule has 4 heterocycles. The van der Waals surface area contributed by atoms with Gasteiger partial charge in [-0.2, -0.15) is 13.5 Å². The van der Waals surface area contributed by atoms with E-state index in [9.17, 15) is 57.7 Å². The molecule has 7 aromatic rings. The minimum Gasteiger partial charge on any atom is -0.479 e. The van der Waals surface area contributed by atoms with E-state index in [1.807, 2.05) is 66.2 Å². The molecule has 2 amide bonds. The van der Waals surface area contributed by atoms with Gasteiger partial charge in [-0.3, -0.25) is 19.3 Å². The molecule has 90 heavy (non-hydrogen) atoms. The zero-order chi connectivity index (χ0) is 63.9. The van der Waals surface area contributed by atoms with E-state index in [4.69, 9.17) is 34.8 Å². The number of aliphatic carboxylic acids is 1. The predicted octanol–water partition coefficient (Wildman–Crippen LogP) is 7.84. The second-order valence-corrected chi connectivity index (χ2v) is 27.6. The predicted molar refractivity (Wildman–Crippen MR) is 335 cm³/mol. The van der Waals surface area contributed by atoms with Crippen LogP contribution in [-0.4, -0.2) is 169 Å². The SMILES string of the molecule is Cc1c(-c2ccc(-c3ccc4cccc(C(=O)Nc5nc6ccccc6s5)c4c3)nc2C(=O)O)cnn1CC12CC3(C)CC(C)(C1)CC(OCCN(CCS(=O)(=O)O)C(=O)OC/C=C/c1ccc(O[C@@H]4O[C@H](C(=O)O)[C@@H](O)[C@H](O)[C@H]4O)c(NCCCN)c1)(C3)C2. The molecular formula is C64H72N8O16S2. The Kier molecular flexibility index (Phi) is 18.0. The Bertz CT molecular complexity index is 3990. The number of carbonyl (C=O) groups excluding carboxylic acids is 2. The molecular weight excluding hydrogens is 1200 g/mol. The lowest BCUT2D eigenvalue weighted by Crippen LogP contribution is -2.64. The number of carboxylic acid groups (broad SMARTS) is 2. The van der Waals surface area contributed by atoms with E-state index in [1.54, 1.807) is 48.7 Å². The number of para-hydroxylation sites is 1. The normalized spacial score (nSPS) is 25.4. The lowest BCUT2D eigenvalue weighted by atomic mass is 9.39. The molecule has 0 spiro atoms. The lowest BCUT2D eigenvalue weighted by Gasteiger charge is -2.69. The first-order valence-corrected chi connectivity index (χ1v) is 32.1. The fourth-order valence-corrected chi connectivity index (χ4v) is 16.2. The number of aliphatic hydroxyl groups excluding tert-OH is 3. The van der Waals surface area contributed by atoms with Crippen molar-refractivity contribution in [2.75, 3.05) is 55.8 Å². The molecule has 1 saturated heterocycles. The average Bonchev–Trinajstić information content (AvgIpc) is 0.909. The van der Waals surface area contributed by atoms with Gasteiger partial charge in [-0.25, -0.2) is 24.4 Å². The van der Waals surface area contributed by atoms with Gasteiger partial charge in [0, 0.05) is 54.1 Å². The van der Waals surface area contributed by atoms with Crippen LogP contribution in [-0.2, 0) is 35.7 Å². The van der Waals surface area contributed by atoms with Gasteiger partial charge < -0.3 is 60.4 Å². The van der Waals surface area contributed by atoms with E-state index in [-0.39, 0.29) is 59.9 Å². The number of aliphatic hydroxyl groups is 3. The van der Waals surface area contributed by atoms with Gasteiger partial charge in [-0.1, -0.05) is 73.7 Å². The van der Waals surface area contributed by atoms with Crippen LogP contribution in [0.2, 0.25) is 0 Å². The molecule has 10 N–H and O–H groups in total. The van der Waals surface area contributed by atoms with Crippen LogP contribution in [0.25, 0.3) is 49.4 Å². The largest absolute Gasteiger partial charge is 0.479 e. The van der Waals surface area contributed by atoms with Gasteiger partial charge in [-0.15, -0.1) is 0 Å². The summed E-state index contributed by atoms with van der Waals surface area (Å²) in [5, 5.41) is 64.2. The van der Waals surface area contributed by atoms with Gasteiger partial charge in [0.05, 0.1) is 45.8 Å². The number of nitrogens with zero attached hydrogens (tertiary/aromatic N) is 5. The number of hydrogen-bond donors (Lipinski definition) is 9. The number of carboxylic acids is 2. The molecule has 476 valence electrons. The Morgan fingerprint density at radius 2 is 1.66 bits per heavy atom. The van der Waals surface area contributed by atoms with Crippen molar-refractivity contribution in [1.29, 1.82) is 0 Å². The summed E-state index contributed by atoms with van der Waals surface area (Å²) < 4.78 is 60.3. The molecule has 2 unspecified atom stereocenters. The molecule has 5 fully saturated rings. The highest BCUT2D eigenvalue weighted by molar-refractivity contribution is 7.85. The van der Waals surface area contributed by atoms with Crippen molar-refractivity contribution < 1.29 is 76.6 Å². The summed E-state index contributed by atoms with van der Waals surface area (Å²) in [4.78, 5) is 62.7. The minimum atomic E-state index is -4.48. The van der Waals surface area contributed by atoms with E-state index >= 15 is 0 Å². The van der Waals surface area contributed by atoms with Crippen molar-refractivity contribution in [3.8, 4) is 28.1 Å². The van der Waals surface area contributed by atoms with Crippen molar-refractivity contribution in [1.82, 2.24) is 24.6 Å². The van der Waals surface area contributed by atoms with Gasteiger partial charge in [0.2, 0.25) is 6.29 Å². The molecule has 5 aliphatic rings. The van der Waals surface area contributed by atoms with E-state index in [1.165, 1.54) is 22.3 Å². The summed E-state index contributed by atoms with van der Waals surface area (Å²) in [5.41, 5.74) is 9.48. The maximum absolute atomic E-state index is 13.7. The molecule has 0 radical (unpaired) electrons. The average molecular weight is 1270 g/mol. The number of aromatic nitrogens is 4. The minimum absolute atomic E-state index is 0.0408. The zero-order valence-electron chi connectivity index (χ0n) is 49.8. The van der Waals surface area contributed by atoms with Crippen LogP contribution in [0.4, 0.5) is 15.6 Å². The first kappa shape index (κ1) is 63.6. The number of ether oxygens (including phenoxy) is 4. The van der Waals surface area contributed by atoms with Gasteiger partial charge in [0.1, 0.15) is 30.7 Å². The third kappa shape index (κ3) is 13.7. The maximum Gasteiger partial charge on any atom is 0.410 e. The Hall–Kier alpha value is -7.92. The van der Waals surface area contributed by atoms with Gasteiger partial charge in [-0.05, 0) is 146 Å². The van der Waals surface area contributed by atoms with Crippen molar-refractivity contribution in [2.45, 2.75) is 109 Å². The highest BCUT2D eigenvalue weighted by atomic mass is 32.2. The van der Waals surface area contributed by atoms with Crippen LogP contribution < -0.4 is 21.1 Å². The maximum atomic E-state index is 13.7. The lowest BCUT2D eigenvalue weighted by molar-refractivity contribution is -0.271. The van der Waals surface area contributed by atoms with Gasteiger partial charge in [0.25, 0.3) is 16.0 Å². The number of hydrogen-bond acceptors (Lipinski definition) is 19. The Labute approximate surface area is 522 Å². The third-order valence-corrected chi connectivity index (χ3v) is 19.2. The van der Waals surface area contributed by atoms with Crippen molar-refractivity contribution in [3.63, 3.8) is 0 Å². The van der Waals surface area contributed by atoms with Crippen molar-refractivity contribution in [3.05, 3.63) is 126 Å². The number of anilines is 2. The zero-order valence-corrected chi connectivity index (χ0v) is 51.4. The van der Waals surface area contributed by atoms with Gasteiger partial charge in [0.15, 0.2) is 16.9 Å². The summed E-state index contributed by atoms with van der Waals surface area (Å²) in [5.74, 6) is -3.73. The fraction of sp³-hybridized carbons (Fsp3) is 0.422. The second-order valence-electron chi connectivity index (χ2n) is 25.0. The second kappa shape index (κ2) is 25.4. The smallest absolute Gasteiger partial charge is 0.410 e. The first-order valence-electron chi connectivity index (χ1n) is 29.7. The molecule has 1 aliphatic heterocycles. The monoisotopic (exact) mass is 1270 g/mol. The first-order chi connectivity index (χ1) is 42.8. The van der Waals surface area contributed by atoms with E-state index in [0.29, 0.717) is 82.2 Å². The van der Waals surface area contributed by atoms with Crippen LogP contribution in [0, 0.1) is 23.2 Å². The molecule has 26 heteroatoms. The van der Waals surface area contributed by atoms with Crippen LogP contribution in [0.3, 0.4) is 0 Å².